The number of esters is 1. The largest absolute Gasteiger partial charge is 0.459 e. The molecule has 2 bridgehead atoms. The van der Waals surface area contributed by atoms with Crippen molar-refractivity contribution in [3.8, 4) is 0 Å². The minimum absolute atomic E-state index is 0.121. The zero-order valence-corrected chi connectivity index (χ0v) is 34.6. The molecule has 0 aliphatic carbocycles. The maximum absolute atomic E-state index is 13.5. The topological polar surface area (TPSA) is 160 Å². The third kappa shape index (κ3) is 12.1. The van der Waals surface area contributed by atoms with Gasteiger partial charge in [0.05, 0.1) is 36.6 Å². The van der Waals surface area contributed by atoms with Crippen LogP contribution in [0.3, 0.4) is 0 Å². The van der Waals surface area contributed by atoms with Crippen molar-refractivity contribution in [2.45, 2.75) is 169 Å². The van der Waals surface area contributed by atoms with Gasteiger partial charge in [0.1, 0.15) is 17.7 Å². The number of aliphatic hydroxyl groups is 4. The molecule has 1 spiro atoms. The lowest BCUT2D eigenvalue weighted by Gasteiger charge is -2.52. The molecule has 3 heterocycles. The van der Waals surface area contributed by atoms with Crippen molar-refractivity contribution in [3.05, 3.63) is 36.5 Å². The highest BCUT2D eigenvalue weighted by molar-refractivity contribution is 5.87. The van der Waals surface area contributed by atoms with E-state index in [0.29, 0.717) is 25.7 Å². The molecule has 17 atom stereocenters. The fraction of sp³-hybridized carbons (Fsp3) is 0.795. The quantitative estimate of drug-likeness (QED) is 0.233. The Morgan fingerprint density at radius 3 is 1.98 bits per heavy atom. The van der Waals surface area contributed by atoms with Crippen LogP contribution >= 0.6 is 0 Å². The first kappa shape index (κ1) is 46.2. The van der Waals surface area contributed by atoms with Gasteiger partial charge in [0.2, 0.25) is 0 Å². The van der Waals surface area contributed by atoms with Gasteiger partial charge in [-0.25, -0.2) is 4.79 Å². The van der Waals surface area contributed by atoms with Crippen LogP contribution in [0.5, 0.6) is 0 Å². The monoisotopic (exact) mass is 761 g/mol. The summed E-state index contributed by atoms with van der Waals surface area (Å²) in [6.07, 6.45) is 11.6. The lowest BCUT2D eigenvalue weighted by atomic mass is 9.77. The smallest absolute Gasteiger partial charge is 0.330 e. The highest BCUT2D eigenvalue weighted by Crippen LogP contribution is 2.46. The van der Waals surface area contributed by atoms with E-state index in [1.807, 2.05) is 32.1 Å². The average Bonchev–Trinajstić information content (AvgIpc) is 3.14. The molecule has 10 heteroatoms. The number of hydrogen-bond acceptors (Lipinski definition) is 10. The van der Waals surface area contributed by atoms with Crippen molar-refractivity contribution in [1.82, 2.24) is 0 Å². The van der Waals surface area contributed by atoms with Crippen molar-refractivity contribution in [1.29, 1.82) is 0 Å². The van der Waals surface area contributed by atoms with E-state index in [9.17, 15) is 34.8 Å². The molecule has 308 valence electrons. The fourth-order valence-electron chi connectivity index (χ4n) is 8.54. The van der Waals surface area contributed by atoms with E-state index in [1.54, 1.807) is 47.6 Å². The Bertz CT molecular complexity index is 1310. The van der Waals surface area contributed by atoms with Gasteiger partial charge in [-0.1, -0.05) is 92.7 Å². The summed E-state index contributed by atoms with van der Waals surface area (Å²) < 4.78 is 19.7. The molecule has 0 aromatic rings. The molecule has 2 fully saturated rings. The molecule has 0 amide bonds. The minimum atomic E-state index is -1.30. The number of aliphatic hydroxyl groups excluding tert-OH is 4. The molecule has 0 aromatic carbocycles. The lowest BCUT2D eigenvalue weighted by molar-refractivity contribution is -0.347. The minimum Gasteiger partial charge on any atom is -0.459 e. The van der Waals surface area contributed by atoms with Crippen molar-refractivity contribution in [2.75, 3.05) is 0 Å². The Kier molecular flexibility index (Phi) is 17.8. The van der Waals surface area contributed by atoms with E-state index in [1.165, 1.54) is 6.08 Å². The molecule has 10 nitrogen and oxygen atoms in total. The number of rotatable bonds is 3. The first-order valence-electron chi connectivity index (χ1n) is 20.7. The van der Waals surface area contributed by atoms with E-state index in [-0.39, 0.29) is 41.7 Å². The van der Waals surface area contributed by atoms with Gasteiger partial charge in [0, 0.05) is 54.4 Å². The highest BCUT2D eigenvalue weighted by Gasteiger charge is 2.51. The van der Waals surface area contributed by atoms with E-state index in [2.05, 4.69) is 19.9 Å². The Morgan fingerprint density at radius 2 is 1.37 bits per heavy atom. The maximum atomic E-state index is 13.5. The van der Waals surface area contributed by atoms with Crippen molar-refractivity contribution < 1.29 is 49.0 Å². The van der Waals surface area contributed by atoms with Gasteiger partial charge in [0.25, 0.3) is 0 Å². The van der Waals surface area contributed by atoms with Crippen LogP contribution in [0.1, 0.15) is 121 Å². The molecule has 2 saturated heterocycles. The van der Waals surface area contributed by atoms with Gasteiger partial charge in [-0.05, 0) is 63.2 Å². The van der Waals surface area contributed by atoms with Gasteiger partial charge in [-0.15, -0.1) is 0 Å². The number of Topliss-reactive ketones (excluding diaryl/α,β-unsaturated/α-hetero) is 2. The summed E-state index contributed by atoms with van der Waals surface area (Å²) in [7, 11) is 0. The molecular formula is C44H72O10. The predicted molar refractivity (Wildman–Crippen MR) is 209 cm³/mol. The third-order valence-corrected chi connectivity index (χ3v) is 12.9. The Hall–Kier alpha value is -2.21. The van der Waals surface area contributed by atoms with Gasteiger partial charge in [-0.3, -0.25) is 9.59 Å². The second-order valence-electron chi connectivity index (χ2n) is 17.3. The molecule has 0 unspecified atom stereocenters. The second kappa shape index (κ2) is 20.8. The summed E-state index contributed by atoms with van der Waals surface area (Å²) in [6, 6.07) is 0. The van der Waals surface area contributed by atoms with Crippen LogP contribution in [0.4, 0.5) is 0 Å². The van der Waals surface area contributed by atoms with Crippen LogP contribution in [0.2, 0.25) is 0 Å². The zero-order chi connectivity index (χ0) is 40.5. The Labute approximate surface area is 324 Å². The normalized spacial score (nSPS) is 43.5. The summed E-state index contributed by atoms with van der Waals surface area (Å²) in [6.45, 7) is 18.1. The van der Waals surface area contributed by atoms with Gasteiger partial charge >= 0.3 is 5.97 Å². The van der Waals surface area contributed by atoms with Crippen molar-refractivity contribution in [3.63, 3.8) is 0 Å². The Morgan fingerprint density at radius 1 is 0.759 bits per heavy atom. The second-order valence-corrected chi connectivity index (χ2v) is 17.3. The zero-order valence-electron chi connectivity index (χ0n) is 34.6. The fourth-order valence-corrected chi connectivity index (χ4v) is 8.54. The number of carbonyl (C=O) groups is 3. The Balaban J connectivity index is 1.93. The van der Waals surface area contributed by atoms with Gasteiger partial charge in [0.15, 0.2) is 5.79 Å². The maximum Gasteiger partial charge on any atom is 0.330 e. The SMILES string of the molecule is CC[C@@H]1C=CC=CC[C@H](C)[C@@H](O)[C@@H](C)C(=O)[C@H](C)[C@@H](O)[C@H](C)C(=O)[C@H](C)[C@@H](O)[C@H](C)C=CC(=O)O[C@@H]2C[C@]3(CC[C@@H](C)[C@@H](C[C@H](C)O)O3)O[C@H](CC1)[C@@H]2C. The van der Waals surface area contributed by atoms with E-state index in [0.717, 1.165) is 25.7 Å². The van der Waals surface area contributed by atoms with Gasteiger partial charge < -0.3 is 34.6 Å². The summed E-state index contributed by atoms with van der Waals surface area (Å²) in [5.74, 6) is -6.12. The molecule has 0 saturated carbocycles. The summed E-state index contributed by atoms with van der Waals surface area (Å²) >= 11 is 0. The summed E-state index contributed by atoms with van der Waals surface area (Å²) in [4.78, 5) is 40.2. The molecule has 3 aliphatic rings. The molecule has 3 aliphatic heterocycles. The number of fused-ring (bicyclic) bond motifs is 2. The van der Waals surface area contributed by atoms with Gasteiger partial charge in [-0.2, -0.15) is 0 Å². The van der Waals surface area contributed by atoms with Crippen LogP contribution in [0.25, 0.3) is 0 Å². The number of ether oxygens (including phenoxy) is 3. The summed E-state index contributed by atoms with van der Waals surface area (Å²) in [5, 5.41) is 43.6. The number of hydrogen-bond donors (Lipinski definition) is 4. The molecule has 0 aromatic heterocycles. The van der Waals surface area contributed by atoms with E-state index in [4.69, 9.17) is 14.2 Å². The standard InChI is InChI=1S/C44H72O10/c1-11-34-16-14-12-13-15-26(3)39(47)30(7)41(49)32(9)43(51)33(10)42(50)31(8)40(48)27(4)17-20-38(46)52-37-24-44(53-35(19-18-34)29(37)6)22-21-25(2)36(54-44)23-28(5)45/h12-14,16-17,20,25-37,39-40,43,45,47-48,51H,11,15,18-19,21-24H2,1-10H3/t25-,26+,27-,28+,29+,30-,31-,32+,33-,34-,35-,36-,37-,39-,40+,43-,44-/m1/s1. The lowest BCUT2D eigenvalue weighted by Crippen LogP contribution is -2.57. The number of carbonyl (C=O) groups excluding carboxylic acids is 3. The highest BCUT2D eigenvalue weighted by atomic mass is 16.7. The van der Waals surface area contributed by atoms with Crippen molar-refractivity contribution in [2.24, 2.45) is 53.3 Å². The third-order valence-electron chi connectivity index (χ3n) is 12.9. The molecule has 0 radical (unpaired) electrons. The predicted octanol–water partition coefficient (Wildman–Crippen LogP) is 6.52. The van der Waals surface area contributed by atoms with Crippen LogP contribution in [0.15, 0.2) is 36.5 Å². The number of allylic oxidation sites excluding steroid dienone is 4. The van der Waals surface area contributed by atoms with Crippen LogP contribution in [0, 0.1) is 53.3 Å². The van der Waals surface area contributed by atoms with Crippen LogP contribution < -0.4 is 0 Å². The van der Waals surface area contributed by atoms with Crippen LogP contribution in [-0.4, -0.2) is 86.5 Å². The van der Waals surface area contributed by atoms with Crippen LogP contribution in [-0.2, 0) is 28.6 Å². The van der Waals surface area contributed by atoms with E-state index < -0.39 is 77.6 Å². The average molecular weight is 761 g/mol. The van der Waals surface area contributed by atoms with E-state index >= 15 is 0 Å². The first-order valence-corrected chi connectivity index (χ1v) is 20.7. The number of ketones is 2. The molecule has 54 heavy (non-hydrogen) atoms. The molecule has 3 rings (SSSR count). The van der Waals surface area contributed by atoms with Crippen molar-refractivity contribution >= 4 is 17.5 Å². The molecule has 4 N–H and O–H groups in total. The molecular weight excluding hydrogens is 688 g/mol. The summed E-state index contributed by atoms with van der Waals surface area (Å²) in [5.41, 5.74) is 0. The first-order chi connectivity index (χ1) is 25.3.